The van der Waals surface area contributed by atoms with Gasteiger partial charge in [-0.1, -0.05) is 42.5 Å². The quantitative estimate of drug-likeness (QED) is 0.548. The number of carbonyl (C=O) groups excluding carboxylic acids is 1. The molecule has 0 aliphatic carbocycles. The van der Waals surface area contributed by atoms with E-state index in [1.54, 1.807) is 30.3 Å². The van der Waals surface area contributed by atoms with E-state index < -0.39 is 44.3 Å². The fourth-order valence-electron chi connectivity index (χ4n) is 2.91. The second-order valence-corrected chi connectivity index (χ2v) is 8.50. The normalized spacial score (nSPS) is 12.9. The lowest BCUT2D eigenvalue weighted by Crippen LogP contribution is -2.33. The van der Waals surface area contributed by atoms with E-state index in [9.17, 15) is 30.8 Å². The molecule has 0 aliphatic rings. The Morgan fingerprint density at radius 3 is 2.10 bits per heavy atom. The molecule has 162 valence electrons. The number of alkyl halides is 3. The minimum atomic E-state index is -4.62. The van der Waals surface area contributed by atoms with Gasteiger partial charge in [-0.25, -0.2) is 17.5 Å². The monoisotopic (exact) mass is 451 g/mol. The smallest absolute Gasteiger partial charge is 0.273 e. The average molecular weight is 451 g/mol. The van der Waals surface area contributed by atoms with Crippen molar-refractivity contribution in [3.05, 3.63) is 89.7 Å². The predicted octanol–water partition coefficient (Wildman–Crippen LogP) is 5.12. The van der Waals surface area contributed by atoms with E-state index >= 15 is 0 Å². The second kappa shape index (κ2) is 8.50. The van der Waals surface area contributed by atoms with Gasteiger partial charge in [0.2, 0.25) is 5.91 Å². The molecule has 0 heterocycles. The predicted molar refractivity (Wildman–Crippen MR) is 107 cm³/mol. The molecule has 0 saturated carbocycles. The van der Waals surface area contributed by atoms with Gasteiger partial charge in [0.15, 0.2) is 0 Å². The molecule has 4 nitrogen and oxygen atoms in total. The van der Waals surface area contributed by atoms with Crippen molar-refractivity contribution in [3.8, 4) is 11.1 Å². The van der Waals surface area contributed by atoms with Gasteiger partial charge >= 0.3 is 6.18 Å². The lowest BCUT2D eigenvalue weighted by atomic mass is 9.96. The van der Waals surface area contributed by atoms with Gasteiger partial charge in [0.1, 0.15) is 5.82 Å². The van der Waals surface area contributed by atoms with Gasteiger partial charge in [0, 0.05) is 5.56 Å². The molecule has 0 saturated heterocycles. The molecule has 1 unspecified atom stereocenters. The number of halogens is 4. The van der Waals surface area contributed by atoms with Crippen LogP contribution in [0.3, 0.4) is 0 Å². The first kappa shape index (κ1) is 22.5. The Kier molecular flexibility index (Phi) is 6.17. The minimum Gasteiger partial charge on any atom is -0.273 e. The van der Waals surface area contributed by atoms with E-state index in [0.717, 1.165) is 18.2 Å². The Labute approximate surface area is 176 Å². The van der Waals surface area contributed by atoms with Crippen LogP contribution in [0.1, 0.15) is 24.0 Å². The van der Waals surface area contributed by atoms with Crippen molar-refractivity contribution >= 4 is 15.9 Å². The molecule has 31 heavy (non-hydrogen) atoms. The van der Waals surface area contributed by atoms with Crippen molar-refractivity contribution in [2.24, 2.45) is 0 Å². The van der Waals surface area contributed by atoms with Crippen LogP contribution < -0.4 is 4.72 Å². The summed E-state index contributed by atoms with van der Waals surface area (Å²) < 4.78 is 79.0. The summed E-state index contributed by atoms with van der Waals surface area (Å²) in [7, 11) is -4.40. The van der Waals surface area contributed by atoms with Crippen LogP contribution in [0.2, 0.25) is 0 Å². The fraction of sp³-hybridized carbons (Fsp3) is 0.136. The molecule has 1 atom stereocenters. The average Bonchev–Trinajstić information content (AvgIpc) is 2.73. The SMILES string of the molecule is CC(C(=O)NS(=O)(=O)c1ccc(C(F)(F)F)cc1)c1ccc(-c2ccccc2)c(F)c1. The van der Waals surface area contributed by atoms with E-state index in [4.69, 9.17) is 0 Å². The number of rotatable bonds is 5. The number of hydrogen-bond donors (Lipinski definition) is 1. The van der Waals surface area contributed by atoms with Crippen LogP contribution in [0.25, 0.3) is 11.1 Å². The standard InChI is InChI=1S/C22H17F4NO3S/c1-14(16-7-12-19(20(23)13-16)15-5-3-2-4-6-15)21(28)27-31(29,30)18-10-8-17(9-11-18)22(24,25)26/h2-14H,1H3,(H,27,28). The number of carbonyl (C=O) groups is 1. The van der Waals surface area contributed by atoms with Crippen molar-refractivity contribution in [1.82, 2.24) is 4.72 Å². The summed E-state index contributed by atoms with van der Waals surface area (Å²) in [4.78, 5) is 11.9. The van der Waals surface area contributed by atoms with Crippen LogP contribution in [0.15, 0.2) is 77.7 Å². The van der Waals surface area contributed by atoms with Crippen molar-refractivity contribution in [1.29, 1.82) is 0 Å². The molecule has 0 bridgehead atoms. The Morgan fingerprint density at radius 2 is 1.55 bits per heavy atom. The zero-order chi connectivity index (χ0) is 22.8. The third kappa shape index (κ3) is 5.11. The van der Waals surface area contributed by atoms with Gasteiger partial charge in [0.25, 0.3) is 10.0 Å². The highest BCUT2D eigenvalue weighted by molar-refractivity contribution is 7.90. The van der Waals surface area contributed by atoms with Gasteiger partial charge < -0.3 is 0 Å². The van der Waals surface area contributed by atoms with Gasteiger partial charge in [-0.15, -0.1) is 0 Å². The first-order chi connectivity index (χ1) is 14.5. The maximum atomic E-state index is 14.6. The van der Waals surface area contributed by atoms with E-state index in [1.165, 1.54) is 19.1 Å². The summed E-state index contributed by atoms with van der Waals surface area (Å²) in [5.41, 5.74) is 0.209. The zero-order valence-corrected chi connectivity index (χ0v) is 17.0. The Hall–Kier alpha value is -3.20. The van der Waals surface area contributed by atoms with Crippen LogP contribution >= 0.6 is 0 Å². The highest BCUT2D eigenvalue weighted by Gasteiger charge is 2.31. The topological polar surface area (TPSA) is 63.2 Å². The lowest BCUT2D eigenvalue weighted by molar-refractivity contribution is -0.137. The summed E-state index contributed by atoms with van der Waals surface area (Å²) >= 11 is 0. The Morgan fingerprint density at radius 1 is 0.935 bits per heavy atom. The summed E-state index contributed by atoms with van der Waals surface area (Å²) in [5, 5.41) is 0. The van der Waals surface area contributed by atoms with E-state index in [0.29, 0.717) is 23.3 Å². The van der Waals surface area contributed by atoms with Gasteiger partial charge in [0.05, 0.1) is 16.4 Å². The van der Waals surface area contributed by atoms with Crippen molar-refractivity contribution in [3.63, 3.8) is 0 Å². The van der Waals surface area contributed by atoms with Gasteiger partial charge in [-0.2, -0.15) is 13.2 Å². The van der Waals surface area contributed by atoms with Crippen LogP contribution in [0, 0.1) is 5.82 Å². The summed E-state index contributed by atoms with van der Waals surface area (Å²) in [5.74, 6) is -2.54. The summed E-state index contributed by atoms with van der Waals surface area (Å²) in [6.45, 7) is 1.40. The molecular weight excluding hydrogens is 434 g/mol. The molecule has 0 radical (unpaired) electrons. The molecule has 1 amide bonds. The lowest BCUT2D eigenvalue weighted by Gasteiger charge is -2.15. The number of benzene rings is 3. The molecule has 9 heteroatoms. The van der Waals surface area contributed by atoms with E-state index in [1.807, 2.05) is 4.72 Å². The zero-order valence-electron chi connectivity index (χ0n) is 16.2. The van der Waals surface area contributed by atoms with Gasteiger partial charge in [-0.05, 0) is 48.4 Å². The first-order valence-corrected chi connectivity index (χ1v) is 10.6. The summed E-state index contributed by atoms with van der Waals surface area (Å²) in [6, 6.07) is 15.7. The highest BCUT2D eigenvalue weighted by atomic mass is 32.2. The molecule has 3 rings (SSSR count). The second-order valence-electron chi connectivity index (χ2n) is 6.82. The number of amides is 1. The van der Waals surface area contributed by atoms with Crippen LogP contribution in [-0.4, -0.2) is 14.3 Å². The van der Waals surface area contributed by atoms with Crippen LogP contribution in [0.5, 0.6) is 0 Å². The third-order valence-corrected chi connectivity index (χ3v) is 6.06. The molecule has 1 N–H and O–H groups in total. The van der Waals surface area contributed by atoms with E-state index in [2.05, 4.69) is 0 Å². The Balaban J connectivity index is 1.77. The minimum absolute atomic E-state index is 0.248. The number of nitrogens with one attached hydrogen (secondary N) is 1. The third-order valence-electron chi connectivity index (χ3n) is 4.70. The van der Waals surface area contributed by atoms with Crippen LogP contribution in [0.4, 0.5) is 17.6 Å². The van der Waals surface area contributed by atoms with E-state index in [-0.39, 0.29) is 5.56 Å². The Bertz CT molecular complexity index is 1190. The van der Waals surface area contributed by atoms with Crippen molar-refractivity contribution in [2.75, 3.05) is 0 Å². The maximum Gasteiger partial charge on any atom is 0.416 e. The molecule has 0 spiro atoms. The molecule has 0 fully saturated rings. The molecule has 0 aromatic heterocycles. The van der Waals surface area contributed by atoms with Crippen molar-refractivity contribution in [2.45, 2.75) is 23.9 Å². The number of hydrogen-bond acceptors (Lipinski definition) is 3. The maximum absolute atomic E-state index is 14.6. The molecule has 0 aliphatic heterocycles. The highest BCUT2D eigenvalue weighted by Crippen LogP contribution is 2.30. The van der Waals surface area contributed by atoms with Gasteiger partial charge in [-0.3, -0.25) is 4.79 Å². The summed E-state index contributed by atoms with van der Waals surface area (Å²) in [6.07, 6.45) is -4.62. The first-order valence-electron chi connectivity index (χ1n) is 9.08. The molecule has 3 aromatic carbocycles. The number of sulfonamides is 1. The molecule has 3 aromatic rings. The fourth-order valence-corrected chi connectivity index (χ4v) is 3.96. The van der Waals surface area contributed by atoms with Crippen molar-refractivity contribution < 1.29 is 30.8 Å². The largest absolute Gasteiger partial charge is 0.416 e. The van der Waals surface area contributed by atoms with Crippen LogP contribution in [-0.2, 0) is 21.0 Å². The molecular formula is C22H17F4NO3S.